The Labute approximate surface area is 107 Å². The maximum absolute atomic E-state index is 11.5. The third kappa shape index (κ3) is 3.34. The van der Waals surface area contributed by atoms with Crippen LogP contribution in [0, 0.1) is 5.92 Å². The van der Waals surface area contributed by atoms with Crippen LogP contribution in [0.25, 0.3) is 0 Å². The van der Waals surface area contributed by atoms with Gasteiger partial charge in [-0.1, -0.05) is 26.0 Å². The fraction of sp³-hybridized carbons (Fsp3) is 0.357. The van der Waals surface area contributed by atoms with E-state index in [2.05, 4.69) is 6.58 Å². The maximum atomic E-state index is 11.5. The Morgan fingerprint density at radius 2 is 2.06 bits per heavy atom. The second kappa shape index (κ2) is 6.21. The molecule has 0 spiro atoms. The van der Waals surface area contributed by atoms with Crippen molar-refractivity contribution in [1.82, 2.24) is 0 Å². The van der Waals surface area contributed by atoms with Gasteiger partial charge < -0.3 is 14.6 Å². The molecule has 0 radical (unpaired) electrons. The predicted molar refractivity (Wildman–Crippen MR) is 68.6 cm³/mol. The number of methoxy groups -OCH3 is 1. The molecule has 0 amide bonds. The molecule has 0 aliphatic carbocycles. The van der Waals surface area contributed by atoms with E-state index in [1.807, 2.05) is 0 Å². The lowest BCUT2D eigenvalue weighted by molar-refractivity contribution is -0.137. The first kappa shape index (κ1) is 14.3. The highest BCUT2D eigenvalue weighted by atomic mass is 16.6. The zero-order valence-corrected chi connectivity index (χ0v) is 10.8. The molecule has 1 N–H and O–H groups in total. The van der Waals surface area contributed by atoms with Crippen LogP contribution in [0.2, 0.25) is 0 Å². The Kier molecular flexibility index (Phi) is 4.92. The van der Waals surface area contributed by atoms with Gasteiger partial charge in [-0.25, -0.2) is 0 Å². The Morgan fingerprint density at radius 1 is 1.39 bits per heavy atom. The van der Waals surface area contributed by atoms with Crippen molar-refractivity contribution in [3.63, 3.8) is 0 Å². The monoisotopic (exact) mass is 250 g/mol. The number of aliphatic hydroxyl groups excluding tert-OH is 1. The largest absolute Gasteiger partial charge is 0.493 e. The summed E-state index contributed by atoms with van der Waals surface area (Å²) in [7, 11) is 1.48. The highest BCUT2D eigenvalue weighted by Gasteiger charge is 2.15. The number of benzene rings is 1. The van der Waals surface area contributed by atoms with Gasteiger partial charge in [0, 0.05) is 0 Å². The lowest BCUT2D eigenvalue weighted by Crippen LogP contribution is -2.15. The zero-order chi connectivity index (χ0) is 13.7. The van der Waals surface area contributed by atoms with E-state index in [0.717, 1.165) is 0 Å². The minimum atomic E-state index is -0.770. The summed E-state index contributed by atoms with van der Waals surface area (Å²) in [4.78, 5) is 11.5. The van der Waals surface area contributed by atoms with Crippen LogP contribution in [0.5, 0.6) is 11.5 Å². The smallest absolute Gasteiger partial charge is 0.313 e. The van der Waals surface area contributed by atoms with Crippen molar-refractivity contribution in [2.24, 2.45) is 5.92 Å². The highest BCUT2D eigenvalue weighted by Crippen LogP contribution is 2.31. The fourth-order valence-electron chi connectivity index (χ4n) is 1.31. The van der Waals surface area contributed by atoms with Crippen LogP contribution in [0.15, 0.2) is 30.9 Å². The average molecular weight is 250 g/mol. The number of ether oxygens (including phenoxy) is 2. The first-order valence-corrected chi connectivity index (χ1v) is 5.69. The van der Waals surface area contributed by atoms with Gasteiger partial charge in [-0.05, 0) is 17.7 Å². The molecular formula is C14H18O4. The summed E-state index contributed by atoms with van der Waals surface area (Å²) in [6.45, 7) is 7.02. The van der Waals surface area contributed by atoms with Gasteiger partial charge in [0.1, 0.15) is 0 Å². The van der Waals surface area contributed by atoms with E-state index in [-0.39, 0.29) is 11.9 Å². The molecule has 4 nitrogen and oxygen atoms in total. The van der Waals surface area contributed by atoms with Crippen molar-refractivity contribution in [1.29, 1.82) is 0 Å². The topological polar surface area (TPSA) is 55.8 Å². The lowest BCUT2D eigenvalue weighted by atomic mass is 10.1. The molecule has 1 aromatic carbocycles. The minimum absolute atomic E-state index is 0.215. The summed E-state index contributed by atoms with van der Waals surface area (Å²) in [5.74, 6) is 0.206. The first-order chi connectivity index (χ1) is 8.49. The van der Waals surface area contributed by atoms with Gasteiger partial charge in [-0.3, -0.25) is 4.79 Å². The Bertz CT molecular complexity index is 437. The van der Waals surface area contributed by atoms with Gasteiger partial charge in [0.2, 0.25) is 0 Å². The third-order valence-corrected chi connectivity index (χ3v) is 2.43. The molecular weight excluding hydrogens is 232 g/mol. The first-order valence-electron chi connectivity index (χ1n) is 5.69. The van der Waals surface area contributed by atoms with E-state index in [1.165, 1.54) is 13.2 Å². The number of carbonyl (C=O) groups is 1. The van der Waals surface area contributed by atoms with Gasteiger partial charge in [0.25, 0.3) is 0 Å². The quantitative estimate of drug-likeness (QED) is 0.495. The van der Waals surface area contributed by atoms with E-state index in [9.17, 15) is 9.90 Å². The molecule has 0 saturated heterocycles. The molecule has 0 aromatic heterocycles. The molecule has 1 rings (SSSR count). The van der Waals surface area contributed by atoms with Crippen molar-refractivity contribution in [2.75, 3.05) is 7.11 Å². The van der Waals surface area contributed by atoms with Gasteiger partial charge in [0.15, 0.2) is 11.5 Å². The molecule has 0 fully saturated rings. The Balaban J connectivity index is 3.00. The van der Waals surface area contributed by atoms with Crippen molar-refractivity contribution in [3.8, 4) is 11.5 Å². The van der Waals surface area contributed by atoms with Crippen molar-refractivity contribution < 1.29 is 19.4 Å². The number of carbonyl (C=O) groups excluding carboxylic acids is 1. The van der Waals surface area contributed by atoms with Crippen molar-refractivity contribution in [3.05, 3.63) is 36.4 Å². The number of aliphatic hydroxyl groups is 1. The normalized spacial score (nSPS) is 12.1. The maximum Gasteiger partial charge on any atom is 0.313 e. The molecule has 1 atom stereocenters. The van der Waals surface area contributed by atoms with Crippen LogP contribution in [0.3, 0.4) is 0 Å². The summed E-state index contributed by atoms with van der Waals surface area (Å²) in [6, 6.07) is 4.88. The van der Waals surface area contributed by atoms with Gasteiger partial charge >= 0.3 is 5.97 Å². The SMILES string of the molecule is C=C[C@H](O)c1ccc(OC(=O)C(C)C)c(OC)c1. The van der Waals surface area contributed by atoms with Crippen molar-refractivity contribution in [2.45, 2.75) is 20.0 Å². The van der Waals surface area contributed by atoms with Gasteiger partial charge in [-0.2, -0.15) is 0 Å². The number of esters is 1. The third-order valence-electron chi connectivity index (χ3n) is 2.43. The summed E-state index contributed by atoms with van der Waals surface area (Å²) < 4.78 is 10.3. The molecule has 0 heterocycles. The average Bonchev–Trinajstić information content (AvgIpc) is 2.37. The second-order valence-corrected chi connectivity index (χ2v) is 4.17. The summed E-state index contributed by atoms with van der Waals surface area (Å²) in [5, 5.41) is 9.63. The van der Waals surface area contributed by atoms with E-state index in [0.29, 0.717) is 17.1 Å². The molecule has 0 unspecified atom stereocenters. The second-order valence-electron chi connectivity index (χ2n) is 4.17. The predicted octanol–water partition coefficient (Wildman–Crippen LogP) is 2.48. The van der Waals surface area contributed by atoms with Crippen LogP contribution >= 0.6 is 0 Å². The summed E-state index contributed by atoms with van der Waals surface area (Å²) >= 11 is 0. The molecule has 4 heteroatoms. The van der Waals surface area contributed by atoms with E-state index >= 15 is 0 Å². The molecule has 0 aliphatic heterocycles. The molecule has 18 heavy (non-hydrogen) atoms. The summed E-state index contributed by atoms with van der Waals surface area (Å²) in [6.07, 6.45) is 0.642. The molecule has 1 aromatic rings. The lowest BCUT2D eigenvalue weighted by Gasteiger charge is -2.13. The van der Waals surface area contributed by atoms with Crippen LogP contribution in [-0.4, -0.2) is 18.2 Å². The van der Waals surface area contributed by atoms with Crippen LogP contribution in [0.4, 0.5) is 0 Å². The fourth-order valence-corrected chi connectivity index (χ4v) is 1.31. The van der Waals surface area contributed by atoms with E-state index in [1.54, 1.807) is 32.0 Å². The summed E-state index contributed by atoms with van der Waals surface area (Å²) in [5.41, 5.74) is 0.631. The standard InChI is InChI=1S/C14H18O4/c1-5-11(15)10-6-7-12(13(8-10)17-4)18-14(16)9(2)3/h5-9,11,15H,1H2,2-4H3/t11-/m0/s1. The van der Waals surface area contributed by atoms with E-state index in [4.69, 9.17) is 9.47 Å². The van der Waals surface area contributed by atoms with Gasteiger partial charge in [0.05, 0.1) is 19.1 Å². The minimum Gasteiger partial charge on any atom is -0.493 e. The van der Waals surface area contributed by atoms with Crippen molar-refractivity contribution >= 4 is 5.97 Å². The molecule has 0 bridgehead atoms. The van der Waals surface area contributed by atoms with Crippen LogP contribution in [-0.2, 0) is 4.79 Å². The molecule has 0 saturated carbocycles. The van der Waals surface area contributed by atoms with Gasteiger partial charge in [-0.15, -0.1) is 6.58 Å². The number of rotatable bonds is 5. The molecule has 0 aliphatic rings. The van der Waals surface area contributed by atoms with Crippen LogP contribution < -0.4 is 9.47 Å². The van der Waals surface area contributed by atoms with Crippen LogP contribution in [0.1, 0.15) is 25.5 Å². The molecule has 98 valence electrons. The highest BCUT2D eigenvalue weighted by molar-refractivity contribution is 5.75. The number of hydrogen-bond donors (Lipinski definition) is 1. The zero-order valence-electron chi connectivity index (χ0n) is 10.8. The Morgan fingerprint density at radius 3 is 2.56 bits per heavy atom. The number of hydrogen-bond acceptors (Lipinski definition) is 4. The Hall–Kier alpha value is -1.81. The van der Waals surface area contributed by atoms with E-state index < -0.39 is 6.10 Å².